The third-order valence-corrected chi connectivity index (χ3v) is 3.56. The molecule has 1 amide bonds. The van der Waals surface area contributed by atoms with E-state index in [2.05, 4.69) is 5.32 Å². The fraction of sp³-hybridized carbons (Fsp3) is 0.300. The smallest absolute Gasteiger partial charge is 0.347 e. The highest BCUT2D eigenvalue weighted by atomic mass is 16.6. The predicted molar refractivity (Wildman–Crippen MR) is 98.7 cm³/mol. The lowest BCUT2D eigenvalue weighted by Crippen LogP contribution is -2.26. The number of methoxy groups -OCH3 is 1. The first kappa shape index (κ1) is 19.3. The minimum absolute atomic E-state index is 0.267. The largest absolute Gasteiger partial charge is 0.495 e. The molecule has 26 heavy (non-hydrogen) atoms. The van der Waals surface area contributed by atoms with Gasteiger partial charge in [0.1, 0.15) is 11.5 Å². The summed E-state index contributed by atoms with van der Waals surface area (Å²) in [6.07, 6.45) is 0.0453. The highest BCUT2D eigenvalue weighted by Crippen LogP contribution is 2.24. The molecule has 0 bridgehead atoms. The number of esters is 1. The molecule has 0 aliphatic carbocycles. The maximum absolute atomic E-state index is 12.4. The average molecular weight is 357 g/mol. The van der Waals surface area contributed by atoms with Crippen LogP contribution < -0.4 is 14.8 Å². The molecule has 0 heterocycles. The van der Waals surface area contributed by atoms with Gasteiger partial charge in [0, 0.05) is 5.56 Å². The predicted octanol–water partition coefficient (Wildman–Crippen LogP) is 3.67. The van der Waals surface area contributed by atoms with Crippen LogP contribution in [0.25, 0.3) is 0 Å². The van der Waals surface area contributed by atoms with Crippen molar-refractivity contribution in [3.63, 3.8) is 0 Å². The molecule has 0 fully saturated rings. The molecule has 0 aromatic heterocycles. The molecule has 0 saturated heterocycles. The van der Waals surface area contributed by atoms with E-state index in [0.29, 0.717) is 29.4 Å². The lowest BCUT2D eigenvalue weighted by molar-refractivity contribution is -0.151. The molecular weight excluding hydrogens is 334 g/mol. The number of ether oxygens (including phenoxy) is 3. The van der Waals surface area contributed by atoms with Gasteiger partial charge >= 0.3 is 5.97 Å². The van der Waals surface area contributed by atoms with Crippen molar-refractivity contribution in [1.82, 2.24) is 0 Å². The first-order valence-electron chi connectivity index (χ1n) is 8.43. The first-order valence-corrected chi connectivity index (χ1v) is 8.43. The monoisotopic (exact) mass is 357 g/mol. The van der Waals surface area contributed by atoms with Crippen molar-refractivity contribution < 1.29 is 23.8 Å². The summed E-state index contributed by atoms with van der Waals surface area (Å²) in [6.45, 7) is 3.92. The van der Waals surface area contributed by atoms with Crippen LogP contribution in [0.4, 0.5) is 5.69 Å². The molecule has 138 valence electrons. The Balaban J connectivity index is 1.98. The summed E-state index contributed by atoms with van der Waals surface area (Å²) >= 11 is 0. The average Bonchev–Trinajstić information content (AvgIpc) is 2.66. The van der Waals surface area contributed by atoms with E-state index in [0.717, 1.165) is 6.42 Å². The Morgan fingerprint density at radius 1 is 1.08 bits per heavy atom. The fourth-order valence-corrected chi connectivity index (χ4v) is 2.20. The Kier molecular flexibility index (Phi) is 7.02. The molecule has 6 nitrogen and oxygen atoms in total. The van der Waals surface area contributed by atoms with E-state index in [1.807, 2.05) is 19.1 Å². The maximum atomic E-state index is 12.4. The van der Waals surface area contributed by atoms with Gasteiger partial charge in [-0.25, -0.2) is 4.79 Å². The van der Waals surface area contributed by atoms with Gasteiger partial charge in [-0.1, -0.05) is 19.1 Å². The van der Waals surface area contributed by atoms with E-state index in [1.165, 1.54) is 0 Å². The molecule has 0 aliphatic rings. The molecule has 1 N–H and O–H groups in total. The molecule has 0 aliphatic heterocycles. The topological polar surface area (TPSA) is 73.9 Å². The van der Waals surface area contributed by atoms with Crippen molar-refractivity contribution in [3.05, 3.63) is 54.1 Å². The van der Waals surface area contributed by atoms with Gasteiger partial charge in [-0.15, -0.1) is 0 Å². The van der Waals surface area contributed by atoms with Crippen molar-refractivity contribution >= 4 is 17.6 Å². The lowest BCUT2D eigenvalue weighted by atomic mass is 10.2. The van der Waals surface area contributed by atoms with Gasteiger partial charge in [0.25, 0.3) is 5.91 Å². The molecule has 1 atom stereocenters. The zero-order valence-electron chi connectivity index (χ0n) is 15.2. The van der Waals surface area contributed by atoms with E-state index < -0.39 is 12.1 Å². The second-order valence-electron chi connectivity index (χ2n) is 5.61. The molecule has 6 heteroatoms. The highest BCUT2D eigenvalue weighted by molar-refractivity contribution is 6.05. The fourth-order valence-electron chi connectivity index (χ4n) is 2.20. The van der Waals surface area contributed by atoms with E-state index >= 15 is 0 Å². The van der Waals surface area contributed by atoms with E-state index in [9.17, 15) is 9.59 Å². The number of amides is 1. The summed E-state index contributed by atoms with van der Waals surface area (Å²) in [6, 6.07) is 13.7. The van der Waals surface area contributed by atoms with Crippen LogP contribution in [-0.2, 0) is 9.53 Å². The Morgan fingerprint density at radius 2 is 1.77 bits per heavy atom. The van der Waals surface area contributed by atoms with Gasteiger partial charge in [0.15, 0.2) is 6.10 Å². The summed E-state index contributed by atoms with van der Waals surface area (Å²) in [4.78, 5) is 24.1. The summed E-state index contributed by atoms with van der Waals surface area (Å²) in [7, 11) is 1.55. The van der Waals surface area contributed by atoms with Crippen LogP contribution in [0.3, 0.4) is 0 Å². The summed E-state index contributed by atoms with van der Waals surface area (Å²) in [5.74, 6) is 0.390. The third-order valence-electron chi connectivity index (χ3n) is 3.56. The quantitative estimate of drug-likeness (QED) is 0.730. The van der Waals surface area contributed by atoms with Crippen LogP contribution in [0.5, 0.6) is 11.5 Å². The maximum Gasteiger partial charge on any atom is 0.347 e. The Morgan fingerprint density at radius 3 is 2.42 bits per heavy atom. The minimum Gasteiger partial charge on any atom is -0.495 e. The number of carbonyl (C=O) groups excluding carboxylic acids is 2. The van der Waals surface area contributed by atoms with Gasteiger partial charge in [-0.05, 0) is 49.7 Å². The van der Waals surface area contributed by atoms with Crippen LogP contribution >= 0.6 is 0 Å². The van der Waals surface area contributed by atoms with Gasteiger partial charge in [-0.2, -0.15) is 0 Å². The number of anilines is 1. The number of para-hydroxylation sites is 2. The van der Waals surface area contributed by atoms with E-state index in [-0.39, 0.29) is 5.91 Å². The summed E-state index contributed by atoms with van der Waals surface area (Å²) in [5.41, 5.74) is 1.05. The van der Waals surface area contributed by atoms with Gasteiger partial charge < -0.3 is 19.5 Å². The number of nitrogens with one attached hydrogen (secondary N) is 1. The first-order chi connectivity index (χ1) is 12.5. The zero-order valence-corrected chi connectivity index (χ0v) is 15.2. The van der Waals surface area contributed by atoms with E-state index in [1.54, 1.807) is 50.4 Å². The molecule has 0 spiro atoms. The second kappa shape index (κ2) is 9.46. The van der Waals surface area contributed by atoms with Crippen molar-refractivity contribution in [2.75, 3.05) is 19.0 Å². The Bertz CT molecular complexity index is 742. The molecule has 0 saturated carbocycles. The lowest BCUT2D eigenvalue weighted by Gasteiger charge is -2.14. The molecule has 0 unspecified atom stereocenters. The van der Waals surface area contributed by atoms with E-state index in [4.69, 9.17) is 14.2 Å². The van der Waals surface area contributed by atoms with Crippen LogP contribution in [0, 0.1) is 0 Å². The van der Waals surface area contributed by atoms with Crippen LogP contribution in [-0.4, -0.2) is 31.7 Å². The zero-order chi connectivity index (χ0) is 18.9. The number of hydrogen-bond donors (Lipinski definition) is 1. The van der Waals surface area contributed by atoms with Crippen molar-refractivity contribution in [3.8, 4) is 11.5 Å². The number of hydrogen-bond acceptors (Lipinski definition) is 5. The van der Waals surface area contributed by atoms with Crippen LogP contribution in [0.15, 0.2) is 48.5 Å². The number of rotatable bonds is 8. The van der Waals surface area contributed by atoms with Crippen LogP contribution in [0.1, 0.15) is 30.6 Å². The molecular formula is C20H23NO5. The second-order valence-corrected chi connectivity index (χ2v) is 5.61. The van der Waals surface area contributed by atoms with Gasteiger partial charge in [0.2, 0.25) is 0 Å². The van der Waals surface area contributed by atoms with Crippen molar-refractivity contribution in [2.24, 2.45) is 0 Å². The molecule has 2 aromatic rings. The normalized spacial score (nSPS) is 11.3. The Hall–Kier alpha value is -3.02. The molecule has 2 aromatic carbocycles. The summed E-state index contributed by atoms with van der Waals surface area (Å²) in [5, 5.41) is 2.80. The molecule has 2 rings (SSSR count). The van der Waals surface area contributed by atoms with Crippen LogP contribution in [0.2, 0.25) is 0 Å². The SMILES string of the molecule is CCCOC(=O)[C@@H](C)Oc1ccc(C(=O)Nc2ccccc2OC)cc1. The van der Waals surface area contributed by atoms with Gasteiger partial charge in [-0.3, -0.25) is 4.79 Å². The van der Waals surface area contributed by atoms with Crippen molar-refractivity contribution in [1.29, 1.82) is 0 Å². The van der Waals surface area contributed by atoms with Gasteiger partial charge in [0.05, 0.1) is 19.4 Å². The standard InChI is InChI=1S/C20H23NO5/c1-4-13-25-20(23)14(2)26-16-11-9-15(10-12-16)19(22)21-17-7-5-6-8-18(17)24-3/h5-12,14H,4,13H2,1-3H3,(H,21,22)/t14-/m1/s1. The number of benzene rings is 2. The number of carbonyl (C=O) groups is 2. The van der Waals surface area contributed by atoms with Crippen molar-refractivity contribution in [2.45, 2.75) is 26.4 Å². The minimum atomic E-state index is -0.713. The molecule has 0 radical (unpaired) electrons. The highest BCUT2D eigenvalue weighted by Gasteiger charge is 2.16. The Labute approximate surface area is 153 Å². The summed E-state index contributed by atoms with van der Waals surface area (Å²) < 4.78 is 15.8. The third kappa shape index (κ3) is 5.24.